The second-order valence-corrected chi connectivity index (χ2v) is 4.75. The lowest BCUT2D eigenvalue weighted by Gasteiger charge is -2.24. The third-order valence-electron chi connectivity index (χ3n) is 3.35. The van der Waals surface area contributed by atoms with E-state index in [2.05, 4.69) is 10.6 Å². The van der Waals surface area contributed by atoms with Gasteiger partial charge in [0.25, 0.3) is 5.91 Å². The Bertz CT molecular complexity index is 484. The number of phenols is 1. The van der Waals surface area contributed by atoms with Crippen molar-refractivity contribution in [2.75, 3.05) is 27.3 Å². The summed E-state index contributed by atoms with van der Waals surface area (Å²) >= 11 is 0. The summed E-state index contributed by atoms with van der Waals surface area (Å²) in [6.07, 6.45) is 2.00. The summed E-state index contributed by atoms with van der Waals surface area (Å²) in [5.41, 5.74) is 0.353. The van der Waals surface area contributed by atoms with Crippen molar-refractivity contribution in [3.05, 3.63) is 17.7 Å². The van der Waals surface area contributed by atoms with Gasteiger partial charge in [0.05, 0.1) is 14.2 Å². The van der Waals surface area contributed by atoms with Crippen LogP contribution in [0.15, 0.2) is 12.1 Å². The number of nitrogens with one attached hydrogen (secondary N) is 2. The van der Waals surface area contributed by atoms with Crippen LogP contribution in [-0.2, 0) is 0 Å². The molecule has 1 aliphatic heterocycles. The van der Waals surface area contributed by atoms with E-state index in [1.807, 2.05) is 0 Å². The highest BCUT2D eigenvalue weighted by Gasteiger charge is 2.19. The third-order valence-corrected chi connectivity index (χ3v) is 3.35. The molecule has 6 heteroatoms. The summed E-state index contributed by atoms with van der Waals surface area (Å²) in [4.78, 5) is 12.2. The maximum absolute atomic E-state index is 12.2. The predicted molar refractivity (Wildman–Crippen MR) is 74.6 cm³/mol. The van der Waals surface area contributed by atoms with E-state index >= 15 is 0 Å². The number of benzene rings is 1. The molecule has 2 rings (SSSR count). The summed E-state index contributed by atoms with van der Waals surface area (Å²) in [5.74, 6) is 0.219. The van der Waals surface area contributed by atoms with E-state index in [1.54, 1.807) is 6.07 Å². The first-order valence-corrected chi connectivity index (χ1v) is 6.62. The molecule has 1 aromatic carbocycles. The first kappa shape index (κ1) is 14.5. The van der Waals surface area contributed by atoms with E-state index in [0.717, 1.165) is 25.9 Å². The van der Waals surface area contributed by atoms with Crippen LogP contribution >= 0.6 is 0 Å². The summed E-state index contributed by atoms with van der Waals surface area (Å²) in [7, 11) is 2.90. The van der Waals surface area contributed by atoms with Crippen molar-refractivity contribution < 1.29 is 19.4 Å². The molecule has 0 aromatic heterocycles. The molecule has 0 bridgehead atoms. The highest BCUT2D eigenvalue weighted by Crippen LogP contribution is 2.37. The van der Waals surface area contributed by atoms with Gasteiger partial charge < -0.3 is 25.2 Å². The van der Waals surface area contributed by atoms with Crippen molar-refractivity contribution in [3.63, 3.8) is 0 Å². The Kier molecular flexibility index (Phi) is 4.68. The SMILES string of the molecule is COc1cc(C(=O)NC2CCCNC2)cc(O)c1OC. The van der Waals surface area contributed by atoms with E-state index < -0.39 is 0 Å². The number of amides is 1. The number of methoxy groups -OCH3 is 2. The molecule has 0 saturated carbocycles. The molecular weight excluding hydrogens is 260 g/mol. The minimum absolute atomic E-state index is 0.112. The lowest BCUT2D eigenvalue weighted by Crippen LogP contribution is -2.45. The monoisotopic (exact) mass is 280 g/mol. The van der Waals surface area contributed by atoms with Crippen molar-refractivity contribution in [2.45, 2.75) is 18.9 Å². The molecule has 0 radical (unpaired) electrons. The van der Waals surface area contributed by atoms with Gasteiger partial charge >= 0.3 is 0 Å². The first-order valence-electron chi connectivity index (χ1n) is 6.62. The fourth-order valence-electron chi connectivity index (χ4n) is 2.32. The third kappa shape index (κ3) is 3.14. The minimum Gasteiger partial charge on any atom is -0.504 e. The highest BCUT2D eigenvalue weighted by molar-refractivity contribution is 5.95. The van der Waals surface area contributed by atoms with Crippen LogP contribution < -0.4 is 20.1 Å². The van der Waals surface area contributed by atoms with Crippen LogP contribution in [-0.4, -0.2) is 44.4 Å². The fraction of sp³-hybridized carbons (Fsp3) is 0.500. The number of ether oxygens (including phenoxy) is 2. The van der Waals surface area contributed by atoms with Crippen molar-refractivity contribution in [2.24, 2.45) is 0 Å². The van der Waals surface area contributed by atoms with Crippen molar-refractivity contribution in [1.29, 1.82) is 0 Å². The molecule has 0 aliphatic carbocycles. The van der Waals surface area contributed by atoms with Gasteiger partial charge in [-0.25, -0.2) is 0 Å². The number of piperidine rings is 1. The van der Waals surface area contributed by atoms with E-state index in [0.29, 0.717) is 11.3 Å². The normalized spacial score (nSPS) is 18.4. The molecule has 1 fully saturated rings. The number of rotatable bonds is 4. The van der Waals surface area contributed by atoms with Gasteiger partial charge in [0.2, 0.25) is 5.75 Å². The average molecular weight is 280 g/mol. The summed E-state index contributed by atoms with van der Waals surface area (Å²) in [6, 6.07) is 3.06. The zero-order valence-corrected chi connectivity index (χ0v) is 11.7. The van der Waals surface area contributed by atoms with Gasteiger partial charge in [0, 0.05) is 18.2 Å². The Morgan fingerprint density at radius 2 is 2.20 bits per heavy atom. The largest absolute Gasteiger partial charge is 0.504 e. The number of aromatic hydroxyl groups is 1. The first-order chi connectivity index (χ1) is 9.65. The Morgan fingerprint density at radius 1 is 1.40 bits per heavy atom. The number of phenolic OH excluding ortho intramolecular Hbond substituents is 1. The number of carbonyl (C=O) groups excluding carboxylic acids is 1. The molecule has 1 amide bonds. The number of hydrogen-bond acceptors (Lipinski definition) is 5. The van der Waals surface area contributed by atoms with Gasteiger partial charge in [-0.15, -0.1) is 0 Å². The zero-order valence-electron chi connectivity index (χ0n) is 11.7. The van der Waals surface area contributed by atoms with Crippen LogP contribution in [0.1, 0.15) is 23.2 Å². The lowest BCUT2D eigenvalue weighted by atomic mass is 10.1. The fourth-order valence-corrected chi connectivity index (χ4v) is 2.32. The summed E-state index contributed by atoms with van der Waals surface area (Å²) in [6.45, 7) is 1.76. The molecule has 0 spiro atoms. The van der Waals surface area contributed by atoms with Gasteiger partial charge in [-0.05, 0) is 31.5 Å². The van der Waals surface area contributed by atoms with Crippen LogP contribution in [0.3, 0.4) is 0 Å². The Hall–Kier alpha value is -1.95. The molecule has 1 aromatic rings. The lowest BCUT2D eigenvalue weighted by molar-refractivity contribution is 0.0930. The van der Waals surface area contributed by atoms with E-state index in [9.17, 15) is 9.90 Å². The van der Waals surface area contributed by atoms with Crippen LogP contribution in [0.5, 0.6) is 17.2 Å². The predicted octanol–water partition coefficient (Wildman–Crippen LogP) is 0.891. The quantitative estimate of drug-likeness (QED) is 0.763. The van der Waals surface area contributed by atoms with Crippen LogP contribution in [0.2, 0.25) is 0 Å². The minimum atomic E-state index is -0.227. The van der Waals surface area contributed by atoms with Crippen molar-refractivity contribution in [3.8, 4) is 17.2 Å². The van der Waals surface area contributed by atoms with E-state index in [-0.39, 0.29) is 23.4 Å². The molecular formula is C14H20N2O4. The molecule has 1 aliphatic rings. The average Bonchev–Trinajstić information content (AvgIpc) is 2.47. The maximum Gasteiger partial charge on any atom is 0.251 e. The van der Waals surface area contributed by atoms with Crippen molar-refractivity contribution in [1.82, 2.24) is 10.6 Å². The van der Waals surface area contributed by atoms with Crippen LogP contribution in [0.4, 0.5) is 0 Å². The van der Waals surface area contributed by atoms with Crippen LogP contribution in [0, 0.1) is 0 Å². The molecule has 1 heterocycles. The maximum atomic E-state index is 12.2. The number of hydrogen-bond donors (Lipinski definition) is 3. The highest BCUT2D eigenvalue weighted by atomic mass is 16.5. The molecule has 20 heavy (non-hydrogen) atoms. The van der Waals surface area contributed by atoms with Crippen molar-refractivity contribution >= 4 is 5.91 Å². The van der Waals surface area contributed by atoms with Gasteiger partial charge in [-0.3, -0.25) is 4.79 Å². The van der Waals surface area contributed by atoms with E-state index in [1.165, 1.54) is 20.3 Å². The molecule has 110 valence electrons. The van der Waals surface area contributed by atoms with Gasteiger partial charge in [-0.1, -0.05) is 0 Å². The second kappa shape index (κ2) is 6.47. The second-order valence-electron chi connectivity index (χ2n) is 4.75. The zero-order chi connectivity index (χ0) is 14.5. The van der Waals surface area contributed by atoms with Crippen LogP contribution in [0.25, 0.3) is 0 Å². The van der Waals surface area contributed by atoms with Gasteiger partial charge in [0.1, 0.15) is 0 Å². The summed E-state index contributed by atoms with van der Waals surface area (Å²) in [5, 5.41) is 16.0. The van der Waals surface area contributed by atoms with E-state index in [4.69, 9.17) is 9.47 Å². The number of carbonyl (C=O) groups is 1. The Morgan fingerprint density at radius 3 is 2.80 bits per heavy atom. The Balaban J connectivity index is 2.15. The molecule has 1 unspecified atom stereocenters. The molecule has 1 saturated heterocycles. The smallest absolute Gasteiger partial charge is 0.251 e. The topological polar surface area (TPSA) is 79.8 Å². The van der Waals surface area contributed by atoms with Gasteiger partial charge in [-0.2, -0.15) is 0 Å². The summed E-state index contributed by atoms with van der Waals surface area (Å²) < 4.78 is 10.2. The molecule has 3 N–H and O–H groups in total. The molecule has 1 atom stereocenters. The Labute approximate surface area is 118 Å². The standard InChI is InChI=1S/C14H20N2O4/c1-19-12-7-9(6-11(17)13(12)20-2)14(18)16-10-4-3-5-15-8-10/h6-7,10,15,17H,3-5,8H2,1-2H3,(H,16,18). The molecule has 6 nitrogen and oxygen atoms in total. The van der Waals surface area contributed by atoms with Gasteiger partial charge in [0.15, 0.2) is 11.5 Å².